The number of hydrogen-bond donors (Lipinski definition) is 0. The standard InChI is InChI=1S/C24H30N2O5/c1-17(2)12-26(24(28)19-5-3-6-19)15-23(27)25(14-20-7-4-10-29-20)13-18-8-9-21-22(11-18)31-16-30-21/h4,7-11,17,19H,3,5-6,12-16H2,1-2H3. The molecule has 1 saturated carbocycles. The summed E-state index contributed by atoms with van der Waals surface area (Å²) in [6.07, 6.45) is 4.54. The summed E-state index contributed by atoms with van der Waals surface area (Å²) in [6, 6.07) is 9.35. The van der Waals surface area contributed by atoms with Crippen LogP contribution in [0.1, 0.15) is 44.4 Å². The van der Waals surface area contributed by atoms with Crippen LogP contribution in [0.2, 0.25) is 0 Å². The molecule has 2 amide bonds. The minimum absolute atomic E-state index is 0.0685. The van der Waals surface area contributed by atoms with Gasteiger partial charge >= 0.3 is 0 Å². The van der Waals surface area contributed by atoms with E-state index in [1.54, 1.807) is 16.1 Å². The zero-order chi connectivity index (χ0) is 21.8. The van der Waals surface area contributed by atoms with Gasteiger partial charge in [-0.25, -0.2) is 0 Å². The summed E-state index contributed by atoms with van der Waals surface area (Å²) in [5.74, 6) is 2.47. The monoisotopic (exact) mass is 426 g/mol. The van der Waals surface area contributed by atoms with Crippen LogP contribution in [0, 0.1) is 11.8 Å². The third kappa shape index (κ3) is 5.21. The molecule has 0 atom stereocenters. The van der Waals surface area contributed by atoms with Crippen molar-refractivity contribution in [3.8, 4) is 11.5 Å². The fraction of sp³-hybridized carbons (Fsp3) is 0.500. The smallest absolute Gasteiger partial charge is 0.242 e. The van der Waals surface area contributed by atoms with Crippen LogP contribution in [0.25, 0.3) is 0 Å². The van der Waals surface area contributed by atoms with Crippen molar-refractivity contribution in [3.05, 3.63) is 47.9 Å². The van der Waals surface area contributed by atoms with Crippen molar-refractivity contribution in [3.63, 3.8) is 0 Å². The second kappa shape index (κ2) is 9.45. The highest BCUT2D eigenvalue weighted by Crippen LogP contribution is 2.33. The van der Waals surface area contributed by atoms with E-state index in [1.165, 1.54) is 0 Å². The lowest BCUT2D eigenvalue weighted by atomic mass is 9.84. The number of fused-ring (bicyclic) bond motifs is 1. The molecule has 0 radical (unpaired) electrons. The first-order valence-corrected chi connectivity index (χ1v) is 11.0. The number of nitrogens with zero attached hydrogens (tertiary/aromatic N) is 2. The van der Waals surface area contributed by atoms with E-state index in [-0.39, 0.29) is 31.1 Å². The maximum Gasteiger partial charge on any atom is 0.242 e. The first kappa shape index (κ1) is 21.3. The SMILES string of the molecule is CC(C)CN(CC(=O)N(Cc1ccc2c(c1)OCO2)Cc1ccco1)C(=O)C1CCC1. The van der Waals surface area contributed by atoms with Crippen LogP contribution >= 0.6 is 0 Å². The van der Waals surface area contributed by atoms with Crippen molar-refractivity contribution in [2.75, 3.05) is 19.9 Å². The number of carbonyl (C=O) groups excluding carboxylic acids is 2. The quantitative estimate of drug-likeness (QED) is 0.610. The molecule has 0 N–H and O–H groups in total. The zero-order valence-corrected chi connectivity index (χ0v) is 18.2. The van der Waals surface area contributed by atoms with Crippen molar-refractivity contribution >= 4 is 11.8 Å². The molecule has 0 bridgehead atoms. The summed E-state index contributed by atoms with van der Waals surface area (Å²) in [5, 5.41) is 0. The topological polar surface area (TPSA) is 72.2 Å². The van der Waals surface area contributed by atoms with Gasteiger partial charge in [0, 0.05) is 19.0 Å². The lowest BCUT2D eigenvalue weighted by molar-refractivity contribution is -0.145. The number of amides is 2. The van der Waals surface area contributed by atoms with E-state index in [0.717, 1.165) is 24.8 Å². The molecule has 31 heavy (non-hydrogen) atoms. The summed E-state index contributed by atoms with van der Waals surface area (Å²) in [7, 11) is 0. The number of benzene rings is 1. The maximum absolute atomic E-state index is 13.4. The summed E-state index contributed by atoms with van der Waals surface area (Å²) < 4.78 is 16.3. The van der Waals surface area contributed by atoms with Gasteiger partial charge in [-0.1, -0.05) is 26.3 Å². The Labute approximate surface area is 182 Å². The Morgan fingerprint density at radius 2 is 1.87 bits per heavy atom. The van der Waals surface area contributed by atoms with E-state index in [4.69, 9.17) is 13.9 Å². The van der Waals surface area contributed by atoms with E-state index < -0.39 is 0 Å². The molecule has 2 heterocycles. The van der Waals surface area contributed by atoms with Crippen LogP contribution < -0.4 is 9.47 Å². The Hall–Kier alpha value is -2.96. The van der Waals surface area contributed by atoms with Gasteiger partial charge in [0.2, 0.25) is 18.6 Å². The average Bonchev–Trinajstić information content (AvgIpc) is 3.36. The Bertz CT molecular complexity index is 905. The molecule has 0 saturated heterocycles. The molecule has 0 spiro atoms. The van der Waals surface area contributed by atoms with E-state index in [9.17, 15) is 9.59 Å². The Morgan fingerprint density at radius 3 is 2.55 bits per heavy atom. The number of rotatable bonds is 9. The Kier molecular flexibility index (Phi) is 6.49. The summed E-state index contributed by atoms with van der Waals surface area (Å²) in [5.41, 5.74) is 0.935. The largest absolute Gasteiger partial charge is 0.467 e. The summed E-state index contributed by atoms with van der Waals surface area (Å²) >= 11 is 0. The fourth-order valence-corrected chi connectivity index (χ4v) is 3.93. The van der Waals surface area contributed by atoms with Crippen LogP contribution in [0.5, 0.6) is 11.5 Å². The molecule has 1 aromatic carbocycles. The fourth-order valence-electron chi connectivity index (χ4n) is 3.93. The highest BCUT2D eigenvalue weighted by Gasteiger charge is 2.31. The van der Waals surface area contributed by atoms with E-state index in [0.29, 0.717) is 42.8 Å². The van der Waals surface area contributed by atoms with Crippen LogP contribution in [-0.4, -0.2) is 41.5 Å². The van der Waals surface area contributed by atoms with E-state index in [1.807, 2.05) is 30.3 Å². The number of furan rings is 1. The van der Waals surface area contributed by atoms with Crippen molar-refractivity contribution in [2.45, 2.75) is 46.2 Å². The van der Waals surface area contributed by atoms with Gasteiger partial charge in [0.05, 0.1) is 19.4 Å². The van der Waals surface area contributed by atoms with Crippen molar-refractivity contribution in [1.82, 2.24) is 9.80 Å². The molecule has 1 aliphatic heterocycles. The molecule has 7 heteroatoms. The molecule has 0 unspecified atom stereocenters. The number of ether oxygens (including phenoxy) is 2. The van der Waals surface area contributed by atoms with E-state index >= 15 is 0 Å². The highest BCUT2D eigenvalue weighted by molar-refractivity contribution is 5.86. The number of hydrogen-bond acceptors (Lipinski definition) is 5. The molecule has 1 fully saturated rings. The van der Waals surface area contributed by atoms with Crippen molar-refractivity contribution in [2.24, 2.45) is 11.8 Å². The lowest BCUT2D eigenvalue weighted by Gasteiger charge is -2.33. The maximum atomic E-state index is 13.4. The predicted octanol–water partition coefficient (Wildman–Crippen LogP) is 3.82. The molecule has 166 valence electrons. The first-order chi connectivity index (χ1) is 15.0. The van der Waals surface area contributed by atoms with Crippen LogP contribution in [-0.2, 0) is 22.7 Å². The van der Waals surface area contributed by atoms with Crippen molar-refractivity contribution in [1.29, 1.82) is 0 Å². The average molecular weight is 427 g/mol. The summed E-state index contributed by atoms with van der Waals surface area (Å²) in [4.78, 5) is 29.8. The van der Waals surface area contributed by atoms with Crippen molar-refractivity contribution < 1.29 is 23.5 Å². The first-order valence-electron chi connectivity index (χ1n) is 11.0. The molecule has 2 aromatic rings. The summed E-state index contributed by atoms with van der Waals surface area (Å²) in [6.45, 7) is 5.74. The molecule has 4 rings (SSSR count). The minimum Gasteiger partial charge on any atom is -0.467 e. The zero-order valence-electron chi connectivity index (χ0n) is 18.2. The third-order valence-electron chi connectivity index (χ3n) is 5.77. The highest BCUT2D eigenvalue weighted by atomic mass is 16.7. The van der Waals surface area contributed by atoms with Crippen LogP contribution in [0.3, 0.4) is 0 Å². The third-order valence-corrected chi connectivity index (χ3v) is 5.77. The molecule has 1 aromatic heterocycles. The van der Waals surface area contributed by atoms with Gasteiger partial charge in [-0.2, -0.15) is 0 Å². The molecule has 1 aliphatic carbocycles. The van der Waals surface area contributed by atoms with Gasteiger partial charge in [-0.15, -0.1) is 0 Å². The minimum atomic E-state index is -0.0950. The van der Waals surface area contributed by atoms with Crippen LogP contribution in [0.15, 0.2) is 41.0 Å². The van der Waals surface area contributed by atoms with Gasteiger partial charge in [0.25, 0.3) is 0 Å². The molecular formula is C24H30N2O5. The molecule has 2 aliphatic rings. The molecule has 7 nitrogen and oxygen atoms in total. The Balaban J connectivity index is 1.50. The van der Waals surface area contributed by atoms with E-state index in [2.05, 4.69) is 13.8 Å². The molecular weight excluding hydrogens is 396 g/mol. The van der Waals surface area contributed by atoms with Gasteiger partial charge < -0.3 is 23.7 Å². The van der Waals surface area contributed by atoms with Gasteiger partial charge in [0.1, 0.15) is 5.76 Å². The Morgan fingerprint density at radius 1 is 1.06 bits per heavy atom. The predicted molar refractivity (Wildman–Crippen MR) is 114 cm³/mol. The normalized spacial score (nSPS) is 15.1. The van der Waals surface area contributed by atoms with Gasteiger partial charge in [-0.05, 0) is 48.6 Å². The van der Waals surface area contributed by atoms with Gasteiger partial charge in [-0.3, -0.25) is 9.59 Å². The number of carbonyl (C=O) groups is 2. The van der Waals surface area contributed by atoms with Crippen LogP contribution in [0.4, 0.5) is 0 Å². The second-order valence-corrected chi connectivity index (χ2v) is 8.76. The second-order valence-electron chi connectivity index (χ2n) is 8.76. The lowest BCUT2D eigenvalue weighted by Crippen LogP contribution is -2.47. The van der Waals surface area contributed by atoms with Gasteiger partial charge in [0.15, 0.2) is 11.5 Å².